The van der Waals surface area contributed by atoms with Crippen molar-refractivity contribution in [3.63, 3.8) is 0 Å². The number of hydrogen-bond donors (Lipinski definition) is 0. The number of furan rings is 1. The Morgan fingerprint density at radius 3 is 2.65 bits per heavy atom. The SMILES string of the molecule is CON1C(=C=O)n2c(cc3cc(-c4ccco4)ccc32)C1CC(=O)Oc1ccccc1. The molecule has 1 aliphatic heterocycles. The first kappa shape index (κ1) is 18.9. The normalized spacial score (nSPS) is 15.2. The van der Waals surface area contributed by atoms with Crippen LogP contribution in [0.1, 0.15) is 18.2 Å². The van der Waals surface area contributed by atoms with Gasteiger partial charge in [0.25, 0.3) is 0 Å². The van der Waals surface area contributed by atoms with Crippen LogP contribution in [-0.4, -0.2) is 28.7 Å². The van der Waals surface area contributed by atoms with Crippen LogP contribution in [0.5, 0.6) is 5.75 Å². The maximum Gasteiger partial charge on any atom is 0.313 e. The van der Waals surface area contributed by atoms with Crippen LogP contribution in [0.4, 0.5) is 0 Å². The van der Waals surface area contributed by atoms with E-state index in [1.807, 2.05) is 48.4 Å². The maximum atomic E-state index is 12.6. The minimum absolute atomic E-state index is 0.00469. The van der Waals surface area contributed by atoms with Crippen molar-refractivity contribution in [2.75, 3.05) is 7.11 Å². The predicted molar refractivity (Wildman–Crippen MR) is 113 cm³/mol. The highest BCUT2D eigenvalue weighted by molar-refractivity contribution is 5.93. The van der Waals surface area contributed by atoms with Crippen molar-refractivity contribution >= 4 is 28.6 Å². The molecule has 5 rings (SSSR count). The zero-order valence-corrected chi connectivity index (χ0v) is 16.6. The fraction of sp³-hybridized carbons (Fsp3) is 0.125. The Labute approximate surface area is 177 Å². The standard InChI is InChI=1S/C24H18N2O5/c1-29-26-21(14-24(28)31-18-6-3-2-4-7-18)20-13-17-12-16(22-8-5-11-30-22)9-10-19(17)25(20)23(26)15-27/h2-13,21H,14H2,1H3. The molecule has 0 bridgehead atoms. The van der Waals surface area contributed by atoms with Crippen LogP contribution in [0.2, 0.25) is 0 Å². The lowest BCUT2D eigenvalue weighted by atomic mass is 10.1. The number of benzene rings is 2. The van der Waals surface area contributed by atoms with Gasteiger partial charge in [0.15, 0.2) is 5.94 Å². The molecule has 154 valence electrons. The fourth-order valence-electron chi connectivity index (χ4n) is 3.99. The van der Waals surface area contributed by atoms with Crippen molar-refractivity contribution in [2.45, 2.75) is 12.5 Å². The van der Waals surface area contributed by atoms with Crippen molar-refractivity contribution in [1.82, 2.24) is 9.63 Å². The Bertz CT molecular complexity index is 1300. The van der Waals surface area contributed by atoms with Gasteiger partial charge in [-0.3, -0.25) is 14.2 Å². The summed E-state index contributed by atoms with van der Waals surface area (Å²) in [5, 5.41) is 2.31. The topological polar surface area (TPSA) is 73.9 Å². The Morgan fingerprint density at radius 2 is 1.94 bits per heavy atom. The minimum Gasteiger partial charge on any atom is -0.464 e. The van der Waals surface area contributed by atoms with Crippen molar-refractivity contribution < 1.29 is 23.6 Å². The molecule has 3 heterocycles. The molecule has 0 saturated heterocycles. The highest BCUT2D eigenvalue weighted by atomic mass is 16.7. The third kappa shape index (κ3) is 3.22. The first-order chi connectivity index (χ1) is 15.2. The second-order valence-corrected chi connectivity index (χ2v) is 7.10. The molecule has 7 heteroatoms. The number of para-hydroxylation sites is 1. The van der Waals surface area contributed by atoms with Gasteiger partial charge in [-0.05, 0) is 48.5 Å². The van der Waals surface area contributed by atoms with E-state index in [0.29, 0.717) is 5.75 Å². The van der Waals surface area contributed by atoms with Crippen LogP contribution < -0.4 is 4.74 Å². The van der Waals surface area contributed by atoms with Gasteiger partial charge in [0.05, 0.1) is 31.0 Å². The van der Waals surface area contributed by atoms with Gasteiger partial charge in [0.2, 0.25) is 5.82 Å². The summed E-state index contributed by atoms with van der Waals surface area (Å²) < 4.78 is 12.7. The molecule has 31 heavy (non-hydrogen) atoms. The number of hydrogen-bond acceptors (Lipinski definition) is 6. The summed E-state index contributed by atoms with van der Waals surface area (Å²) in [7, 11) is 1.45. The van der Waals surface area contributed by atoms with E-state index >= 15 is 0 Å². The van der Waals surface area contributed by atoms with Crippen molar-refractivity contribution in [3.05, 3.63) is 78.7 Å². The minimum atomic E-state index is -0.530. The molecular formula is C24H18N2O5. The van der Waals surface area contributed by atoms with E-state index in [1.165, 1.54) is 12.2 Å². The van der Waals surface area contributed by atoms with E-state index in [9.17, 15) is 9.59 Å². The lowest BCUT2D eigenvalue weighted by Gasteiger charge is -2.22. The summed E-state index contributed by atoms with van der Waals surface area (Å²) in [5.74, 6) is 2.93. The molecule has 2 aromatic carbocycles. The second kappa shape index (κ2) is 7.65. The first-order valence-electron chi connectivity index (χ1n) is 9.73. The second-order valence-electron chi connectivity index (χ2n) is 7.10. The van der Waals surface area contributed by atoms with Gasteiger partial charge in [-0.2, -0.15) is 0 Å². The van der Waals surface area contributed by atoms with Gasteiger partial charge in [0, 0.05) is 10.9 Å². The molecule has 2 aromatic heterocycles. The van der Waals surface area contributed by atoms with Gasteiger partial charge in [0.1, 0.15) is 17.6 Å². The van der Waals surface area contributed by atoms with E-state index in [4.69, 9.17) is 14.0 Å². The Morgan fingerprint density at radius 1 is 1.10 bits per heavy atom. The zero-order chi connectivity index (χ0) is 21.4. The Kier molecular flexibility index (Phi) is 4.67. The molecule has 1 atom stereocenters. The average molecular weight is 414 g/mol. The number of rotatable bonds is 5. The fourth-order valence-corrected chi connectivity index (χ4v) is 3.99. The van der Waals surface area contributed by atoms with Crippen LogP contribution in [0.25, 0.3) is 28.0 Å². The number of carbonyl (C=O) groups is 1. The molecule has 0 amide bonds. The molecule has 0 saturated carbocycles. The van der Waals surface area contributed by atoms with E-state index in [2.05, 4.69) is 0 Å². The van der Waals surface area contributed by atoms with Crippen LogP contribution in [0.15, 0.2) is 77.4 Å². The molecule has 4 aromatic rings. The highest BCUT2D eigenvalue weighted by Gasteiger charge is 2.39. The molecule has 0 spiro atoms. The predicted octanol–water partition coefficient (Wildman–Crippen LogP) is 4.45. The maximum absolute atomic E-state index is 12.6. The number of esters is 1. The van der Waals surface area contributed by atoms with Crippen LogP contribution >= 0.6 is 0 Å². The highest BCUT2D eigenvalue weighted by Crippen LogP contribution is 2.42. The molecular weight excluding hydrogens is 396 g/mol. The van der Waals surface area contributed by atoms with Gasteiger partial charge < -0.3 is 9.15 Å². The summed E-state index contributed by atoms with van der Waals surface area (Å²) in [5.41, 5.74) is 2.48. The van der Waals surface area contributed by atoms with Crippen molar-refractivity contribution in [1.29, 1.82) is 0 Å². The quantitative estimate of drug-likeness (QED) is 0.273. The van der Waals surface area contributed by atoms with Crippen LogP contribution in [-0.2, 0) is 14.4 Å². The number of aromatic nitrogens is 1. The summed E-state index contributed by atoms with van der Waals surface area (Å²) in [6.07, 6.45) is 1.62. The van der Waals surface area contributed by atoms with Crippen molar-refractivity contribution in [3.8, 4) is 17.1 Å². The van der Waals surface area contributed by atoms with E-state index < -0.39 is 12.0 Å². The van der Waals surface area contributed by atoms with Crippen molar-refractivity contribution in [2.24, 2.45) is 0 Å². The number of fused-ring (bicyclic) bond motifs is 3. The molecule has 0 N–H and O–H groups in total. The van der Waals surface area contributed by atoms with Crippen LogP contribution in [0, 0.1) is 0 Å². The third-order valence-electron chi connectivity index (χ3n) is 5.30. The molecule has 1 unspecified atom stereocenters. The number of ether oxygens (including phenoxy) is 1. The Balaban J connectivity index is 1.53. The van der Waals surface area contributed by atoms with Gasteiger partial charge in [-0.25, -0.2) is 9.86 Å². The van der Waals surface area contributed by atoms with E-state index in [1.54, 1.807) is 35.1 Å². The summed E-state index contributed by atoms with van der Waals surface area (Å²) in [6.45, 7) is 0. The number of hydroxylamine groups is 2. The average Bonchev–Trinajstić information content (AvgIpc) is 3.50. The van der Waals surface area contributed by atoms with Gasteiger partial charge in [-0.15, -0.1) is 0 Å². The number of carbonyl (C=O) groups excluding carboxylic acids is 2. The number of nitrogens with zero attached hydrogens (tertiary/aromatic N) is 2. The lowest BCUT2D eigenvalue weighted by molar-refractivity contribution is -0.143. The largest absolute Gasteiger partial charge is 0.464 e. The lowest BCUT2D eigenvalue weighted by Crippen LogP contribution is -2.25. The monoisotopic (exact) mass is 414 g/mol. The molecule has 0 radical (unpaired) electrons. The Hall–Kier alpha value is -4.06. The molecule has 0 fully saturated rings. The first-order valence-corrected chi connectivity index (χ1v) is 9.73. The van der Waals surface area contributed by atoms with Gasteiger partial charge >= 0.3 is 5.97 Å². The molecule has 7 nitrogen and oxygen atoms in total. The smallest absolute Gasteiger partial charge is 0.313 e. The van der Waals surface area contributed by atoms with E-state index in [0.717, 1.165) is 27.9 Å². The molecule has 1 aliphatic rings. The summed E-state index contributed by atoms with van der Waals surface area (Å²) in [6, 6.07) is 19.8. The zero-order valence-electron chi connectivity index (χ0n) is 16.6. The third-order valence-corrected chi connectivity index (χ3v) is 5.30. The molecule has 0 aliphatic carbocycles. The van der Waals surface area contributed by atoms with Gasteiger partial charge in [-0.1, -0.05) is 18.2 Å². The van der Waals surface area contributed by atoms with E-state index in [-0.39, 0.29) is 12.2 Å². The summed E-state index contributed by atoms with van der Waals surface area (Å²) in [4.78, 5) is 29.9. The van der Waals surface area contributed by atoms with Crippen LogP contribution in [0.3, 0.4) is 0 Å². The summed E-state index contributed by atoms with van der Waals surface area (Å²) >= 11 is 0.